The van der Waals surface area contributed by atoms with Gasteiger partial charge < -0.3 is 49.6 Å². The topological polar surface area (TPSA) is 329 Å². The number of ether oxygens (including phenoxy) is 4. The Kier molecular flexibility index (Phi) is 15.2. The summed E-state index contributed by atoms with van der Waals surface area (Å²) in [6.45, 7) is 14.2. The number of allylic oxidation sites excluding steroid dienone is 10. The quantitative estimate of drug-likeness (QED) is 0.0537. The molecule has 0 aromatic heterocycles. The van der Waals surface area contributed by atoms with Crippen LogP contribution in [0.25, 0.3) is 0 Å². The van der Waals surface area contributed by atoms with Gasteiger partial charge in [0.25, 0.3) is 0 Å². The van der Waals surface area contributed by atoms with Crippen molar-refractivity contribution in [1.82, 2.24) is 0 Å². The highest BCUT2D eigenvalue weighted by molar-refractivity contribution is 6.29. The first-order valence-corrected chi connectivity index (χ1v) is 28.2. The average Bonchev–Trinajstić information content (AvgIpc) is 1.52. The van der Waals surface area contributed by atoms with E-state index in [4.69, 9.17) is 18.9 Å². The molecule has 0 aromatic rings. The summed E-state index contributed by atoms with van der Waals surface area (Å²) in [6, 6.07) is 0. The standard InChI is InChI=1S/C66H68O20/c1-33-13-11-17-59(7)25-39(29-67)35(3)21-63(59)51(75)45(55(79)83-63)44(72)16-20-62(10)28-42(32-70)38(6)24-66(62)54(78)48(58(82)86-66)50(74)34(2)14-12-18-60(8)26-40(30-68)36(4)22-64(60)52(76)46(56(80)84-64)43(71)15-19-61(9)27-41(31-69)37(5)23-65(61)53(77)47(49(33)73)57(81)85-65/h11-20,25-28,31-32,35-38,67-68,71-74H,21-24,29-30H2,1-10H3/b17-11+,18-12+,19-15+,20-16+,33-13+,34-14+,45-44-,46-43?,49-47-,50-48+. The SMILES string of the molecule is CC1=C\C=C\C2(C)C=C(CO)C(C)CC23OC(=O)/C(=C(O)/C=C/C2(C)C=C(C=O)C(C)CC24OC(=O)\C(=C(O)/C(C)=C/C=C/C2(C)C=C(CO)C(C)CC25OC(=O)C(=C(O)/C=C/C2(C)C=C(C=O)C(C)CC26OC(=O)\C(=C\1O)C6=O)C5=O)C4=O)C3=O. The van der Waals surface area contributed by atoms with Gasteiger partial charge in [0.15, 0.2) is 22.4 Å². The summed E-state index contributed by atoms with van der Waals surface area (Å²) in [4.78, 5) is 141. The molecule has 8 bridgehead atoms. The van der Waals surface area contributed by atoms with Gasteiger partial charge in [0.05, 0.1) is 34.9 Å². The minimum atomic E-state index is -2.21. The minimum absolute atomic E-state index is 0.0962. The van der Waals surface area contributed by atoms with Crippen LogP contribution in [-0.4, -0.2) is 126 Å². The van der Waals surface area contributed by atoms with Gasteiger partial charge in [-0.15, -0.1) is 0 Å². The Hall–Kier alpha value is -8.62. The predicted octanol–water partition coefficient (Wildman–Crippen LogP) is 7.10. The fraction of sp³-hybridized carbons (Fsp3) is 0.424. The van der Waals surface area contributed by atoms with Crippen molar-refractivity contribution in [2.24, 2.45) is 45.3 Å². The van der Waals surface area contributed by atoms with E-state index < -0.39 is 173 Å². The molecule has 9 aliphatic rings. The van der Waals surface area contributed by atoms with Crippen molar-refractivity contribution in [1.29, 1.82) is 0 Å². The van der Waals surface area contributed by atoms with Gasteiger partial charge in [-0.1, -0.05) is 101 Å². The summed E-state index contributed by atoms with van der Waals surface area (Å²) in [6.07, 6.45) is 18.1. The lowest BCUT2D eigenvalue weighted by molar-refractivity contribution is -0.162. The normalized spacial score (nSPS) is 43.0. The van der Waals surface area contributed by atoms with E-state index in [0.29, 0.717) is 23.7 Å². The van der Waals surface area contributed by atoms with Gasteiger partial charge in [-0.3, -0.25) is 28.8 Å². The lowest BCUT2D eigenvalue weighted by Crippen LogP contribution is -2.53. The molecule has 5 aliphatic carbocycles. The lowest BCUT2D eigenvalue weighted by atomic mass is 9.60. The zero-order valence-electron chi connectivity index (χ0n) is 49.2. The number of ketones is 4. The van der Waals surface area contributed by atoms with Crippen LogP contribution < -0.4 is 0 Å². The second-order valence-corrected chi connectivity index (χ2v) is 25.1. The molecular formula is C66H68O20. The number of Topliss-reactive ketones (excluding diaryl/α,β-unsaturated/α-hetero) is 4. The third kappa shape index (κ3) is 8.83. The van der Waals surface area contributed by atoms with Crippen LogP contribution in [0.15, 0.2) is 164 Å². The molecule has 452 valence electrons. The molecular weight excluding hydrogens is 1110 g/mol. The maximum Gasteiger partial charge on any atom is 0.346 e. The van der Waals surface area contributed by atoms with Crippen LogP contribution in [0.3, 0.4) is 0 Å². The molecule has 0 aromatic carbocycles. The summed E-state index contributed by atoms with van der Waals surface area (Å²) in [7, 11) is 0. The number of hydrogen-bond acceptors (Lipinski definition) is 20. The number of fused-ring (bicyclic) bond motifs is 4. The smallest absolute Gasteiger partial charge is 0.346 e. The first-order valence-electron chi connectivity index (χ1n) is 28.2. The van der Waals surface area contributed by atoms with Gasteiger partial charge >= 0.3 is 23.9 Å². The minimum Gasteiger partial charge on any atom is -0.507 e. The molecule has 0 radical (unpaired) electrons. The molecule has 6 N–H and O–H groups in total. The number of carbonyl (C=O) groups excluding carboxylic acids is 10. The fourth-order valence-corrected chi connectivity index (χ4v) is 14.0. The highest BCUT2D eigenvalue weighted by Gasteiger charge is 2.68. The van der Waals surface area contributed by atoms with E-state index in [1.165, 1.54) is 114 Å². The lowest BCUT2D eigenvalue weighted by Gasteiger charge is -2.45. The number of hydrogen-bond donors (Lipinski definition) is 6. The molecule has 4 spiro atoms. The molecule has 86 heavy (non-hydrogen) atoms. The van der Waals surface area contributed by atoms with E-state index in [0.717, 1.165) is 12.2 Å². The average molecular weight is 1180 g/mol. The van der Waals surface area contributed by atoms with E-state index in [9.17, 15) is 78.6 Å². The van der Waals surface area contributed by atoms with Crippen molar-refractivity contribution in [2.75, 3.05) is 13.2 Å². The number of rotatable bonds is 4. The highest BCUT2D eigenvalue weighted by atomic mass is 16.6. The van der Waals surface area contributed by atoms with Crippen LogP contribution in [0.4, 0.5) is 0 Å². The van der Waals surface area contributed by atoms with E-state index in [1.54, 1.807) is 27.7 Å². The second-order valence-electron chi connectivity index (χ2n) is 25.1. The third-order valence-electron chi connectivity index (χ3n) is 19.5. The highest BCUT2D eigenvalue weighted by Crippen LogP contribution is 2.58. The van der Waals surface area contributed by atoms with Crippen LogP contribution in [-0.2, 0) is 66.9 Å². The fourth-order valence-electron chi connectivity index (χ4n) is 14.0. The summed E-state index contributed by atoms with van der Waals surface area (Å²) in [5.74, 6) is -15.2. The van der Waals surface area contributed by atoms with Crippen molar-refractivity contribution in [3.63, 3.8) is 0 Å². The monoisotopic (exact) mass is 1180 g/mol. The third-order valence-corrected chi connectivity index (χ3v) is 19.5. The summed E-state index contributed by atoms with van der Waals surface area (Å²) in [5, 5.41) is 68.4. The van der Waals surface area contributed by atoms with Gasteiger partial charge in [0, 0.05) is 25.7 Å². The van der Waals surface area contributed by atoms with E-state index in [1.807, 2.05) is 0 Å². The molecule has 12 unspecified atom stereocenters. The molecule has 20 nitrogen and oxygen atoms in total. The Labute approximate surface area is 495 Å². The van der Waals surface area contributed by atoms with E-state index in [2.05, 4.69) is 0 Å². The molecule has 4 saturated heterocycles. The largest absolute Gasteiger partial charge is 0.507 e. The van der Waals surface area contributed by atoms with Gasteiger partial charge in [-0.2, -0.15) is 0 Å². The second kappa shape index (κ2) is 21.1. The molecule has 20 heteroatoms. The number of carbonyl (C=O) groups is 10. The first kappa shape index (κ1) is 61.9. The van der Waals surface area contributed by atoms with E-state index >= 15 is 0 Å². The number of aliphatic hydroxyl groups is 6. The van der Waals surface area contributed by atoms with Crippen molar-refractivity contribution in [2.45, 2.75) is 117 Å². The Balaban J connectivity index is 1.26. The van der Waals surface area contributed by atoms with Crippen LogP contribution in [0.5, 0.6) is 0 Å². The summed E-state index contributed by atoms with van der Waals surface area (Å²) in [5.41, 5.74) is -17.8. The Morgan fingerprint density at radius 3 is 1.02 bits per heavy atom. The molecule has 0 saturated carbocycles. The summed E-state index contributed by atoms with van der Waals surface area (Å²) < 4.78 is 24.0. The van der Waals surface area contributed by atoms with Gasteiger partial charge in [-0.05, 0) is 111 Å². The summed E-state index contributed by atoms with van der Waals surface area (Å²) >= 11 is 0. The van der Waals surface area contributed by atoms with Crippen LogP contribution in [0, 0.1) is 45.3 Å². The first-order chi connectivity index (χ1) is 40.2. The van der Waals surface area contributed by atoms with Crippen LogP contribution in [0.1, 0.15) is 94.9 Å². The molecule has 4 aliphatic heterocycles. The molecule has 12 atom stereocenters. The zero-order chi connectivity index (χ0) is 63.4. The van der Waals surface area contributed by atoms with Gasteiger partial charge in [-0.25, -0.2) is 19.2 Å². The maximum absolute atomic E-state index is 15.0. The Bertz CT molecular complexity index is 3430. The molecule has 0 amide bonds. The zero-order valence-corrected chi connectivity index (χ0v) is 49.2. The van der Waals surface area contributed by atoms with Crippen molar-refractivity contribution in [3.05, 3.63) is 164 Å². The van der Waals surface area contributed by atoms with Crippen molar-refractivity contribution in [3.8, 4) is 0 Å². The van der Waals surface area contributed by atoms with Crippen LogP contribution >= 0.6 is 0 Å². The molecule has 9 rings (SSSR count). The number of aliphatic hydroxyl groups excluding tert-OH is 6. The predicted molar refractivity (Wildman–Crippen MR) is 304 cm³/mol. The molecule has 4 heterocycles. The van der Waals surface area contributed by atoms with Crippen molar-refractivity contribution < 1.29 is 97.5 Å². The molecule has 4 fully saturated rings. The number of esters is 4. The van der Waals surface area contributed by atoms with Crippen LogP contribution in [0.2, 0.25) is 0 Å². The van der Waals surface area contributed by atoms with Gasteiger partial charge in [0.1, 0.15) is 57.9 Å². The Morgan fingerprint density at radius 2 is 0.721 bits per heavy atom. The number of aldehydes is 2. The van der Waals surface area contributed by atoms with Crippen molar-refractivity contribution >= 4 is 59.6 Å². The van der Waals surface area contributed by atoms with Gasteiger partial charge in [0.2, 0.25) is 23.1 Å². The van der Waals surface area contributed by atoms with E-state index in [-0.39, 0.29) is 48.0 Å². The Morgan fingerprint density at radius 1 is 0.442 bits per heavy atom. The maximum atomic E-state index is 15.0.